The monoisotopic (exact) mass is 443 g/mol. The lowest BCUT2D eigenvalue weighted by Crippen LogP contribution is -2.44. The Morgan fingerprint density at radius 2 is 1.73 bits per heavy atom. The zero-order valence-corrected chi connectivity index (χ0v) is 18.3. The number of carbonyl (C=O) groups excluding carboxylic acids is 2. The average molecular weight is 444 g/mol. The molecule has 0 bridgehead atoms. The zero-order chi connectivity index (χ0) is 22.3. The Bertz CT molecular complexity index is 970. The largest absolute Gasteiger partial charge is 0.481 e. The first-order valence-corrected chi connectivity index (χ1v) is 10.2. The molecule has 0 saturated carbocycles. The minimum absolute atomic E-state index is 0.294. The Morgan fingerprint density at radius 1 is 1.17 bits per heavy atom. The van der Waals surface area contributed by atoms with Crippen LogP contribution >= 0.6 is 24.0 Å². The van der Waals surface area contributed by atoms with E-state index in [9.17, 15) is 9.59 Å². The number of carboxylic acids is 1. The van der Waals surface area contributed by atoms with Crippen LogP contribution in [0.1, 0.15) is 48.2 Å². The summed E-state index contributed by atoms with van der Waals surface area (Å²) >= 11 is 6.40. The van der Waals surface area contributed by atoms with Crippen LogP contribution in [-0.4, -0.2) is 37.2 Å². The van der Waals surface area contributed by atoms with Crippen molar-refractivity contribution in [3.8, 4) is 0 Å². The number of hydrogen-bond donors (Lipinski definition) is 2. The molecule has 1 aliphatic heterocycles. The van der Waals surface area contributed by atoms with Crippen LogP contribution in [-0.2, 0) is 9.59 Å². The molecule has 0 atom stereocenters. The summed E-state index contributed by atoms with van der Waals surface area (Å²) in [4.78, 5) is 38.2. The molecule has 1 aromatic carbocycles. The van der Waals surface area contributed by atoms with Crippen molar-refractivity contribution in [2.75, 3.05) is 0 Å². The minimum Gasteiger partial charge on any atom is -0.481 e. The number of nitrogens with one attached hydrogen (secondary N) is 1. The van der Waals surface area contributed by atoms with Gasteiger partial charge in [0.1, 0.15) is 0 Å². The third kappa shape index (κ3) is 6.50. The molecule has 1 aliphatic rings. The Labute approximate surface area is 184 Å². The van der Waals surface area contributed by atoms with Gasteiger partial charge in [0.25, 0.3) is 17.8 Å². The highest BCUT2D eigenvalue weighted by Gasteiger charge is 2.33. The number of hydrogen-bond acceptors (Lipinski definition) is 6. The van der Waals surface area contributed by atoms with Gasteiger partial charge in [-0.2, -0.15) is 5.01 Å². The van der Waals surface area contributed by atoms with Crippen LogP contribution in [0.3, 0.4) is 0 Å². The number of carbonyl (C=O) groups is 3. The molecule has 2 heterocycles. The Morgan fingerprint density at radius 3 is 2.27 bits per heavy atom. The van der Waals surface area contributed by atoms with Gasteiger partial charge in [0, 0.05) is 24.9 Å². The SMILES string of the molecule is CC(=O)O.CC(C)c1ccc(C=C2SC(=S)N(NC(=O)c3ccncc3)C2=O)cc1. The fraction of sp³-hybridized carbons (Fsp3) is 0.190. The molecule has 2 aromatic rings. The molecule has 7 nitrogen and oxygen atoms in total. The maximum Gasteiger partial charge on any atom is 0.300 e. The number of thiocarbonyl (C=S) groups is 1. The van der Waals surface area contributed by atoms with E-state index in [0.717, 1.165) is 17.5 Å². The van der Waals surface area contributed by atoms with E-state index >= 15 is 0 Å². The van der Waals surface area contributed by atoms with Gasteiger partial charge in [0.15, 0.2) is 4.32 Å². The normalized spacial score (nSPS) is 14.5. The Balaban J connectivity index is 0.000000735. The lowest BCUT2D eigenvalue weighted by atomic mass is 10.0. The third-order valence-corrected chi connectivity index (χ3v) is 5.15. The van der Waals surface area contributed by atoms with Crippen molar-refractivity contribution in [1.82, 2.24) is 15.4 Å². The smallest absolute Gasteiger partial charge is 0.300 e. The molecule has 9 heteroatoms. The predicted octanol–water partition coefficient (Wildman–Crippen LogP) is 3.84. The first-order chi connectivity index (χ1) is 14.2. The third-order valence-electron chi connectivity index (χ3n) is 3.85. The van der Waals surface area contributed by atoms with Crippen molar-refractivity contribution < 1.29 is 19.5 Å². The highest BCUT2D eigenvalue weighted by atomic mass is 32.2. The number of aliphatic carboxylic acids is 1. The fourth-order valence-corrected chi connectivity index (χ4v) is 3.54. The molecule has 1 saturated heterocycles. The minimum atomic E-state index is -0.833. The van der Waals surface area contributed by atoms with Crippen molar-refractivity contribution >= 4 is 52.2 Å². The van der Waals surface area contributed by atoms with Gasteiger partial charge < -0.3 is 5.11 Å². The van der Waals surface area contributed by atoms with E-state index in [-0.39, 0.29) is 5.91 Å². The maximum atomic E-state index is 12.6. The van der Waals surface area contributed by atoms with Crippen LogP contribution in [0.15, 0.2) is 53.7 Å². The molecular weight excluding hydrogens is 422 g/mol. The number of amides is 2. The van der Waals surface area contributed by atoms with Gasteiger partial charge in [0.2, 0.25) is 0 Å². The fourth-order valence-electron chi connectivity index (χ4n) is 2.36. The molecule has 2 amide bonds. The summed E-state index contributed by atoms with van der Waals surface area (Å²) in [5, 5.41) is 8.52. The topological polar surface area (TPSA) is 99.6 Å². The van der Waals surface area contributed by atoms with Gasteiger partial charge in [-0.15, -0.1) is 0 Å². The second-order valence-corrected chi connectivity index (χ2v) is 8.21. The van der Waals surface area contributed by atoms with Crippen molar-refractivity contribution in [2.45, 2.75) is 26.7 Å². The number of rotatable bonds is 4. The first kappa shape index (κ1) is 23.2. The number of benzene rings is 1. The molecule has 2 N–H and O–H groups in total. The number of nitrogens with zero attached hydrogens (tertiary/aromatic N) is 2. The van der Waals surface area contributed by atoms with E-state index in [1.54, 1.807) is 18.2 Å². The molecule has 0 unspecified atom stereocenters. The van der Waals surface area contributed by atoms with Crippen LogP contribution in [0.5, 0.6) is 0 Å². The number of pyridine rings is 1. The van der Waals surface area contributed by atoms with Gasteiger partial charge in [-0.1, -0.05) is 49.9 Å². The van der Waals surface area contributed by atoms with Gasteiger partial charge in [-0.3, -0.25) is 24.8 Å². The second kappa shape index (κ2) is 10.7. The van der Waals surface area contributed by atoms with Gasteiger partial charge in [-0.05, 0) is 47.5 Å². The predicted molar refractivity (Wildman–Crippen MR) is 121 cm³/mol. The summed E-state index contributed by atoms with van der Waals surface area (Å²) in [7, 11) is 0. The van der Waals surface area contributed by atoms with E-state index in [1.165, 1.54) is 29.7 Å². The summed E-state index contributed by atoms with van der Waals surface area (Å²) in [5.74, 6) is -1.13. The molecule has 0 spiro atoms. The molecule has 1 aromatic heterocycles. The van der Waals surface area contributed by atoms with Crippen LogP contribution < -0.4 is 5.43 Å². The maximum absolute atomic E-state index is 12.6. The van der Waals surface area contributed by atoms with E-state index in [2.05, 4.69) is 24.3 Å². The van der Waals surface area contributed by atoms with Crippen molar-refractivity contribution in [2.24, 2.45) is 0 Å². The number of hydrazine groups is 1. The number of carboxylic acid groups (broad SMARTS) is 1. The highest BCUT2D eigenvalue weighted by Crippen LogP contribution is 2.31. The summed E-state index contributed by atoms with van der Waals surface area (Å²) in [6.07, 6.45) is 4.81. The van der Waals surface area contributed by atoms with Crippen molar-refractivity contribution in [3.63, 3.8) is 0 Å². The Kier molecular flexibility index (Phi) is 8.25. The highest BCUT2D eigenvalue weighted by molar-refractivity contribution is 8.26. The first-order valence-electron chi connectivity index (χ1n) is 8.97. The summed E-state index contributed by atoms with van der Waals surface area (Å²) in [5.41, 5.74) is 5.10. The van der Waals surface area contributed by atoms with Crippen LogP contribution in [0.2, 0.25) is 0 Å². The van der Waals surface area contributed by atoms with Crippen LogP contribution in [0, 0.1) is 0 Å². The Hall–Kier alpha value is -3.04. The molecule has 1 fully saturated rings. The quantitative estimate of drug-likeness (QED) is 0.547. The van der Waals surface area contributed by atoms with Gasteiger partial charge in [-0.25, -0.2) is 0 Å². The number of thioether (sulfide) groups is 1. The van der Waals surface area contributed by atoms with Crippen LogP contribution in [0.4, 0.5) is 0 Å². The molecular formula is C21H21N3O4S2. The second-order valence-electron chi connectivity index (χ2n) is 6.53. The summed E-state index contributed by atoms with van der Waals surface area (Å²) in [6, 6.07) is 11.2. The van der Waals surface area contributed by atoms with E-state index in [1.807, 2.05) is 24.3 Å². The molecule has 156 valence electrons. The van der Waals surface area contributed by atoms with E-state index in [0.29, 0.717) is 20.7 Å². The van der Waals surface area contributed by atoms with Crippen molar-refractivity contribution in [3.05, 3.63) is 70.4 Å². The van der Waals surface area contributed by atoms with Crippen LogP contribution in [0.25, 0.3) is 6.08 Å². The lowest BCUT2D eigenvalue weighted by molar-refractivity contribution is -0.134. The lowest BCUT2D eigenvalue weighted by Gasteiger charge is -2.15. The molecule has 0 aliphatic carbocycles. The van der Waals surface area contributed by atoms with Gasteiger partial charge >= 0.3 is 0 Å². The summed E-state index contributed by atoms with van der Waals surface area (Å²) < 4.78 is 0.294. The standard InChI is InChI=1S/C19H17N3O2S2.C2H4O2/c1-12(2)14-5-3-13(4-6-14)11-16-18(24)22(19(25)26-16)21-17(23)15-7-9-20-10-8-15;1-2(3)4/h3-12H,1-2H3,(H,21,23);1H3,(H,3,4). The van der Waals surface area contributed by atoms with E-state index < -0.39 is 11.9 Å². The average Bonchev–Trinajstić information content (AvgIpc) is 2.96. The summed E-state index contributed by atoms with van der Waals surface area (Å²) in [6.45, 7) is 5.34. The molecule has 0 radical (unpaired) electrons. The molecule has 30 heavy (non-hydrogen) atoms. The molecule has 3 rings (SSSR count). The zero-order valence-electron chi connectivity index (χ0n) is 16.7. The van der Waals surface area contributed by atoms with Crippen molar-refractivity contribution in [1.29, 1.82) is 0 Å². The van der Waals surface area contributed by atoms with E-state index in [4.69, 9.17) is 22.1 Å². The van der Waals surface area contributed by atoms with Gasteiger partial charge in [0.05, 0.1) is 4.91 Å². The number of aromatic nitrogens is 1.